The van der Waals surface area contributed by atoms with Crippen LogP contribution in [0, 0.1) is 0 Å². The first kappa shape index (κ1) is 13.9. The van der Waals surface area contributed by atoms with E-state index in [1.807, 2.05) is 11.6 Å². The van der Waals surface area contributed by atoms with Crippen LogP contribution in [-0.2, 0) is 6.54 Å². The van der Waals surface area contributed by atoms with Gasteiger partial charge in [0, 0.05) is 37.8 Å². The second-order valence-corrected chi connectivity index (χ2v) is 6.01. The highest BCUT2D eigenvalue weighted by atomic mass is 32.1. The summed E-state index contributed by atoms with van der Waals surface area (Å²) >= 11 is 6.86. The maximum absolute atomic E-state index is 5.79. The molecule has 0 spiro atoms. The molecule has 1 saturated heterocycles. The van der Waals surface area contributed by atoms with Crippen molar-refractivity contribution in [1.82, 2.24) is 14.8 Å². The summed E-state index contributed by atoms with van der Waals surface area (Å²) in [7, 11) is 0. The molecule has 0 aliphatic carbocycles. The Morgan fingerprint density at radius 2 is 2.22 bits per heavy atom. The average Bonchev–Trinajstić information content (AvgIpc) is 2.84. The van der Waals surface area contributed by atoms with Crippen LogP contribution in [0.4, 0.5) is 0 Å². The summed E-state index contributed by atoms with van der Waals surface area (Å²) in [5.74, 6) is 0. The smallest absolute Gasteiger partial charge is 0.107 e. The molecular formula is C12H20N4S2. The van der Waals surface area contributed by atoms with Crippen LogP contribution >= 0.6 is 23.6 Å². The Bertz CT molecular complexity index is 371. The lowest BCUT2D eigenvalue weighted by molar-refractivity contribution is 0.112. The Labute approximate surface area is 118 Å². The molecule has 0 saturated carbocycles. The molecule has 2 N–H and O–H groups in total. The minimum absolute atomic E-state index is 0.266. The topological polar surface area (TPSA) is 45.4 Å². The molecule has 0 amide bonds. The molecule has 1 fully saturated rings. The molecule has 1 aromatic rings. The molecule has 18 heavy (non-hydrogen) atoms. The normalized spacial score (nSPS) is 19.8. The van der Waals surface area contributed by atoms with E-state index in [4.69, 9.17) is 18.0 Å². The lowest BCUT2D eigenvalue weighted by Crippen LogP contribution is -2.53. The van der Waals surface area contributed by atoms with E-state index in [0.717, 1.165) is 39.1 Å². The van der Waals surface area contributed by atoms with Crippen molar-refractivity contribution in [1.29, 1.82) is 0 Å². The first-order chi connectivity index (χ1) is 8.70. The van der Waals surface area contributed by atoms with Crippen LogP contribution < -0.4 is 5.73 Å². The number of thiazole rings is 1. The third kappa shape index (κ3) is 3.47. The quantitative estimate of drug-likeness (QED) is 0.827. The zero-order valence-corrected chi connectivity index (χ0v) is 12.3. The van der Waals surface area contributed by atoms with Crippen molar-refractivity contribution >= 4 is 28.5 Å². The molecule has 100 valence electrons. The van der Waals surface area contributed by atoms with Crippen molar-refractivity contribution in [3.8, 4) is 0 Å². The molecule has 1 unspecified atom stereocenters. The summed E-state index contributed by atoms with van der Waals surface area (Å²) < 4.78 is 0. The summed E-state index contributed by atoms with van der Waals surface area (Å²) in [5.41, 5.74) is 5.79. The van der Waals surface area contributed by atoms with Gasteiger partial charge >= 0.3 is 0 Å². The van der Waals surface area contributed by atoms with Gasteiger partial charge in [-0.2, -0.15) is 0 Å². The Morgan fingerprint density at radius 1 is 1.50 bits per heavy atom. The van der Waals surface area contributed by atoms with Crippen molar-refractivity contribution in [3.63, 3.8) is 0 Å². The third-order valence-corrected chi connectivity index (χ3v) is 4.44. The lowest BCUT2D eigenvalue weighted by atomic mass is 10.1. The first-order valence-corrected chi connectivity index (χ1v) is 7.63. The van der Waals surface area contributed by atoms with Crippen molar-refractivity contribution in [2.24, 2.45) is 5.73 Å². The zero-order valence-electron chi connectivity index (χ0n) is 10.7. The summed E-state index contributed by atoms with van der Waals surface area (Å²) in [4.78, 5) is 9.81. The Kier molecular flexibility index (Phi) is 5.05. The van der Waals surface area contributed by atoms with E-state index in [1.165, 1.54) is 5.01 Å². The van der Waals surface area contributed by atoms with E-state index in [-0.39, 0.29) is 6.04 Å². The number of aromatic nitrogens is 1. The van der Waals surface area contributed by atoms with Gasteiger partial charge in [0.1, 0.15) is 5.01 Å². The van der Waals surface area contributed by atoms with Crippen LogP contribution in [0.1, 0.15) is 18.4 Å². The minimum Gasteiger partial charge on any atom is -0.392 e. The predicted molar refractivity (Wildman–Crippen MR) is 79.8 cm³/mol. The molecule has 2 rings (SSSR count). The number of hydrogen-bond donors (Lipinski definition) is 1. The van der Waals surface area contributed by atoms with Gasteiger partial charge in [0.2, 0.25) is 0 Å². The fourth-order valence-electron chi connectivity index (χ4n) is 2.39. The Balaban J connectivity index is 1.82. The molecule has 6 heteroatoms. The number of rotatable bonds is 5. The van der Waals surface area contributed by atoms with Crippen LogP contribution in [0.15, 0.2) is 11.6 Å². The summed E-state index contributed by atoms with van der Waals surface area (Å²) in [6.45, 7) is 7.33. The summed E-state index contributed by atoms with van der Waals surface area (Å²) in [5, 5.41) is 3.23. The third-order valence-electron chi connectivity index (χ3n) is 3.41. The maximum atomic E-state index is 5.79. The van der Waals surface area contributed by atoms with E-state index in [9.17, 15) is 0 Å². The largest absolute Gasteiger partial charge is 0.392 e. The van der Waals surface area contributed by atoms with Gasteiger partial charge in [0.25, 0.3) is 0 Å². The number of nitrogens with two attached hydrogens (primary N) is 1. The number of nitrogens with zero attached hydrogens (tertiary/aromatic N) is 3. The van der Waals surface area contributed by atoms with Crippen LogP contribution in [0.2, 0.25) is 0 Å². The Morgan fingerprint density at radius 3 is 2.72 bits per heavy atom. The highest BCUT2D eigenvalue weighted by molar-refractivity contribution is 7.80. The van der Waals surface area contributed by atoms with Crippen molar-refractivity contribution in [2.45, 2.75) is 25.9 Å². The molecular weight excluding hydrogens is 264 g/mol. The SMILES string of the molecule is CCC(C(N)=S)N1CCN(Cc2nccs2)CC1. The molecule has 0 aromatic carbocycles. The molecule has 1 atom stereocenters. The monoisotopic (exact) mass is 284 g/mol. The molecule has 0 radical (unpaired) electrons. The highest BCUT2D eigenvalue weighted by Crippen LogP contribution is 2.13. The van der Waals surface area contributed by atoms with Gasteiger partial charge in [-0.15, -0.1) is 11.3 Å². The van der Waals surface area contributed by atoms with Crippen LogP contribution in [-0.4, -0.2) is 52.0 Å². The van der Waals surface area contributed by atoms with E-state index < -0.39 is 0 Å². The van der Waals surface area contributed by atoms with Gasteiger partial charge in [0.15, 0.2) is 0 Å². The minimum atomic E-state index is 0.266. The van der Waals surface area contributed by atoms with Crippen LogP contribution in [0.5, 0.6) is 0 Å². The highest BCUT2D eigenvalue weighted by Gasteiger charge is 2.24. The van der Waals surface area contributed by atoms with Crippen LogP contribution in [0.25, 0.3) is 0 Å². The fourth-order valence-corrected chi connectivity index (χ4v) is 3.37. The average molecular weight is 284 g/mol. The molecule has 2 heterocycles. The van der Waals surface area contributed by atoms with Gasteiger partial charge in [-0.1, -0.05) is 19.1 Å². The molecule has 1 aliphatic heterocycles. The van der Waals surface area contributed by atoms with Gasteiger partial charge in [-0.3, -0.25) is 9.80 Å². The molecule has 1 aromatic heterocycles. The fraction of sp³-hybridized carbons (Fsp3) is 0.667. The van der Waals surface area contributed by atoms with Crippen molar-refractivity contribution in [3.05, 3.63) is 16.6 Å². The summed E-state index contributed by atoms with van der Waals surface area (Å²) in [6.07, 6.45) is 2.87. The van der Waals surface area contributed by atoms with Gasteiger partial charge < -0.3 is 5.73 Å². The first-order valence-electron chi connectivity index (χ1n) is 6.34. The van der Waals surface area contributed by atoms with E-state index in [2.05, 4.69) is 21.7 Å². The van der Waals surface area contributed by atoms with Gasteiger partial charge in [0.05, 0.1) is 17.6 Å². The molecule has 0 bridgehead atoms. The number of piperazine rings is 1. The van der Waals surface area contributed by atoms with Gasteiger partial charge in [-0.05, 0) is 6.42 Å². The predicted octanol–water partition coefficient (Wildman–Crippen LogP) is 1.33. The number of thiocarbonyl (C=S) groups is 1. The molecule has 1 aliphatic rings. The second-order valence-electron chi connectivity index (χ2n) is 4.56. The summed E-state index contributed by atoms with van der Waals surface area (Å²) in [6, 6.07) is 0.266. The second kappa shape index (κ2) is 6.56. The number of hydrogen-bond acceptors (Lipinski definition) is 5. The molecule has 4 nitrogen and oxygen atoms in total. The van der Waals surface area contributed by atoms with E-state index >= 15 is 0 Å². The standard InChI is InChI=1S/C12H20N4S2/c1-2-10(12(13)17)16-6-4-15(5-7-16)9-11-14-3-8-18-11/h3,8,10H,2,4-7,9H2,1H3,(H2,13,17). The van der Waals surface area contributed by atoms with E-state index in [0.29, 0.717) is 4.99 Å². The lowest BCUT2D eigenvalue weighted by Gasteiger charge is -2.38. The van der Waals surface area contributed by atoms with E-state index in [1.54, 1.807) is 11.3 Å². The van der Waals surface area contributed by atoms with Gasteiger partial charge in [-0.25, -0.2) is 4.98 Å². The maximum Gasteiger partial charge on any atom is 0.107 e. The van der Waals surface area contributed by atoms with Crippen molar-refractivity contribution in [2.75, 3.05) is 26.2 Å². The van der Waals surface area contributed by atoms with Crippen LogP contribution in [0.3, 0.4) is 0 Å². The van der Waals surface area contributed by atoms with Crippen molar-refractivity contribution < 1.29 is 0 Å². The zero-order chi connectivity index (χ0) is 13.0. The Hall–Kier alpha value is -0.560.